The molecule has 3 heterocycles. The zero-order valence-corrected chi connectivity index (χ0v) is 17.9. The van der Waals surface area contributed by atoms with Crippen molar-refractivity contribution in [2.24, 2.45) is 0 Å². The van der Waals surface area contributed by atoms with E-state index in [1.165, 1.54) is 0 Å². The lowest BCUT2D eigenvalue weighted by atomic mass is 9.98. The summed E-state index contributed by atoms with van der Waals surface area (Å²) in [5.41, 5.74) is 0.445. The van der Waals surface area contributed by atoms with Crippen LogP contribution in [-0.4, -0.2) is 46.3 Å². The van der Waals surface area contributed by atoms with E-state index in [1.54, 1.807) is 44.2 Å². The van der Waals surface area contributed by atoms with Crippen molar-refractivity contribution >= 4 is 34.7 Å². The van der Waals surface area contributed by atoms with Crippen LogP contribution in [0, 0.1) is 0 Å². The summed E-state index contributed by atoms with van der Waals surface area (Å²) in [5, 5.41) is 1.99. The Balaban J connectivity index is 1.55. The largest absolute Gasteiger partial charge is 0.334 e. The van der Waals surface area contributed by atoms with Crippen molar-refractivity contribution in [3.05, 3.63) is 64.9 Å². The van der Waals surface area contributed by atoms with E-state index >= 15 is 0 Å². The third kappa shape index (κ3) is 3.43. The molecule has 1 atom stereocenters. The van der Waals surface area contributed by atoms with Crippen molar-refractivity contribution in [2.75, 3.05) is 18.0 Å². The minimum atomic E-state index is -0.736. The number of nitrogens with zero attached hydrogens (tertiary/aromatic N) is 3. The van der Waals surface area contributed by atoms with E-state index in [1.807, 2.05) is 36.6 Å². The van der Waals surface area contributed by atoms with Gasteiger partial charge in [-0.1, -0.05) is 24.3 Å². The van der Waals surface area contributed by atoms with Gasteiger partial charge in [0, 0.05) is 30.8 Å². The van der Waals surface area contributed by atoms with Gasteiger partial charge in [0.2, 0.25) is 11.8 Å². The standard InChI is InChI=1S/C23H25N3O3S/c1-3-13-24(16-17-7-6-15-30-17)20(27)11-14-25-22(29)18-8-4-5-9-19(18)26-21(28)10-12-23(25,26)2/h3-9,15H,1,10-14,16H2,2H3/t23-/m1/s1. The summed E-state index contributed by atoms with van der Waals surface area (Å²) >= 11 is 1.61. The van der Waals surface area contributed by atoms with E-state index in [2.05, 4.69) is 6.58 Å². The van der Waals surface area contributed by atoms with Gasteiger partial charge in [0.1, 0.15) is 5.66 Å². The molecule has 1 fully saturated rings. The second-order valence-electron chi connectivity index (χ2n) is 7.81. The quantitative estimate of drug-likeness (QED) is 0.639. The van der Waals surface area contributed by atoms with Crippen LogP contribution < -0.4 is 4.90 Å². The fourth-order valence-electron chi connectivity index (χ4n) is 4.41. The highest BCUT2D eigenvalue weighted by Gasteiger charge is 2.52. The average Bonchev–Trinajstić information content (AvgIpc) is 3.35. The summed E-state index contributed by atoms with van der Waals surface area (Å²) in [4.78, 5) is 45.2. The van der Waals surface area contributed by atoms with Gasteiger partial charge in [0.15, 0.2) is 0 Å². The lowest BCUT2D eigenvalue weighted by molar-refractivity contribution is -0.131. The second-order valence-corrected chi connectivity index (χ2v) is 8.84. The van der Waals surface area contributed by atoms with Gasteiger partial charge in [-0.05, 0) is 36.9 Å². The normalized spacial score (nSPS) is 20.2. The van der Waals surface area contributed by atoms with E-state index in [0.717, 1.165) is 4.88 Å². The zero-order chi connectivity index (χ0) is 21.3. The van der Waals surface area contributed by atoms with Crippen LogP contribution in [0.15, 0.2) is 54.4 Å². The zero-order valence-electron chi connectivity index (χ0n) is 17.0. The van der Waals surface area contributed by atoms with Gasteiger partial charge >= 0.3 is 0 Å². The van der Waals surface area contributed by atoms with Crippen LogP contribution >= 0.6 is 11.3 Å². The molecule has 1 saturated heterocycles. The molecule has 6 nitrogen and oxygen atoms in total. The topological polar surface area (TPSA) is 60.9 Å². The molecule has 0 unspecified atom stereocenters. The number of rotatable bonds is 7. The van der Waals surface area contributed by atoms with Gasteiger partial charge in [-0.3, -0.25) is 19.3 Å². The lowest BCUT2D eigenvalue weighted by Crippen LogP contribution is -2.62. The van der Waals surface area contributed by atoms with Crippen molar-refractivity contribution in [1.82, 2.24) is 9.80 Å². The molecule has 2 aliphatic heterocycles. The minimum absolute atomic E-state index is 0.0137. The smallest absolute Gasteiger partial charge is 0.257 e. The molecule has 0 bridgehead atoms. The summed E-state index contributed by atoms with van der Waals surface area (Å²) in [7, 11) is 0. The minimum Gasteiger partial charge on any atom is -0.334 e. The third-order valence-corrected chi connectivity index (χ3v) is 6.79. The van der Waals surface area contributed by atoms with Crippen molar-refractivity contribution < 1.29 is 14.4 Å². The van der Waals surface area contributed by atoms with Crippen molar-refractivity contribution in [3.8, 4) is 0 Å². The van der Waals surface area contributed by atoms with Gasteiger partial charge in [0.25, 0.3) is 5.91 Å². The number of fused-ring (bicyclic) bond motifs is 3. The van der Waals surface area contributed by atoms with Crippen LogP contribution in [0.5, 0.6) is 0 Å². The Morgan fingerprint density at radius 1 is 1.27 bits per heavy atom. The molecular formula is C23H25N3O3S. The Morgan fingerprint density at radius 2 is 2.07 bits per heavy atom. The molecule has 0 spiro atoms. The number of benzene rings is 1. The molecule has 0 saturated carbocycles. The van der Waals surface area contributed by atoms with E-state index < -0.39 is 5.66 Å². The van der Waals surface area contributed by atoms with Gasteiger partial charge < -0.3 is 9.80 Å². The number of carbonyl (C=O) groups is 3. The van der Waals surface area contributed by atoms with E-state index in [-0.39, 0.29) is 30.7 Å². The number of amides is 3. The number of carbonyl (C=O) groups excluding carboxylic acids is 3. The number of hydrogen-bond donors (Lipinski definition) is 0. The molecule has 0 N–H and O–H groups in total. The van der Waals surface area contributed by atoms with Gasteiger partial charge in [-0.2, -0.15) is 0 Å². The maximum absolute atomic E-state index is 13.3. The molecule has 2 aromatic rings. The molecule has 7 heteroatoms. The third-order valence-electron chi connectivity index (χ3n) is 5.92. The predicted molar refractivity (Wildman–Crippen MR) is 117 cm³/mol. The molecule has 2 aliphatic rings. The first-order chi connectivity index (χ1) is 14.5. The lowest BCUT2D eigenvalue weighted by Gasteiger charge is -2.48. The Hall–Kier alpha value is -2.93. The molecule has 0 radical (unpaired) electrons. The molecule has 156 valence electrons. The van der Waals surface area contributed by atoms with Gasteiger partial charge in [0.05, 0.1) is 17.8 Å². The second kappa shape index (κ2) is 8.07. The van der Waals surface area contributed by atoms with E-state index in [9.17, 15) is 14.4 Å². The van der Waals surface area contributed by atoms with Crippen LogP contribution in [-0.2, 0) is 16.1 Å². The maximum atomic E-state index is 13.3. The Bertz CT molecular complexity index is 987. The van der Waals surface area contributed by atoms with Crippen molar-refractivity contribution in [3.63, 3.8) is 0 Å². The highest BCUT2D eigenvalue weighted by molar-refractivity contribution is 7.09. The summed E-state index contributed by atoms with van der Waals surface area (Å²) in [6, 6.07) is 11.2. The molecule has 4 rings (SSSR count). The monoisotopic (exact) mass is 423 g/mol. The van der Waals surface area contributed by atoms with Crippen molar-refractivity contribution in [1.29, 1.82) is 0 Å². The van der Waals surface area contributed by atoms with Gasteiger partial charge in [-0.15, -0.1) is 17.9 Å². The Kier molecular flexibility index (Phi) is 5.47. The molecule has 3 amide bonds. The number of thiophene rings is 1. The van der Waals surface area contributed by atoms with Crippen LogP contribution in [0.4, 0.5) is 5.69 Å². The Labute approximate surface area is 180 Å². The van der Waals surface area contributed by atoms with Gasteiger partial charge in [-0.25, -0.2) is 0 Å². The first-order valence-corrected chi connectivity index (χ1v) is 11.0. The molecule has 1 aromatic carbocycles. The number of anilines is 1. The first-order valence-electron chi connectivity index (χ1n) is 10.1. The maximum Gasteiger partial charge on any atom is 0.257 e. The highest BCUT2D eigenvalue weighted by atomic mass is 32.1. The van der Waals surface area contributed by atoms with E-state index in [4.69, 9.17) is 0 Å². The fourth-order valence-corrected chi connectivity index (χ4v) is 5.13. The van der Waals surface area contributed by atoms with Crippen LogP contribution in [0.25, 0.3) is 0 Å². The average molecular weight is 424 g/mol. The summed E-state index contributed by atoms with van der Waals surface area (Å²) in [6.45, 7) is 6.93. The SMILES string of the molecule is C=CCN(Cc1cccs1)C(=O)CCN1C(=O)c2ccccc2N2C(=O)CC[C@]12C. The highest BCUT2D eigenvalue weighted by Crippen LogP contribution is 2.43. The molecular weight excluding hydrogens is 398 g/mol. The predicted octanol–water partition coefficient (Wildman–Crippen LogP) is 3.65. The van der Waals surface area contributed by atoms with Crippen LogP contribution in [0.2, 0.25) is 0 Å². The first kappa shape index (κ1) is 20.3. The summed E-state index contributed by atoms with van der Waals surface area (Å²) < 4.78 is 0. The van der Waals surface area contributed by atoms with Crippen LogP contribution in [0.1, 0.15) is 41.4 Å². The Morgan fingerprint density at radius 3 is 2.80 bits per heavy atom. The number of hydrogen-bond acceptors (Lipinski definition) is 4. The molecule has 30 heavy (non-hydrogen) atoms. The summed E-state index contributed by atoms with van der Waals surface area (Å²) in [5.74, 6) is -0.144. The van der Waals surface area contributed by atoms with Crippen LogP contribution in [0.3, 0.4) is 0 Å². The number of para-hydroxylation sites is 1. The molecule has 0 aliphatic carbocycles. The fraction of sp³-hybridized carbons (Fsp3) is 0.348. The summed E-state index contributed by atoms with van der Waals surface area (Å²) in [6.07, 6.45) is 2.87. The molecule has 1 aromatic heterocycles. The van der Waals surface area contributed by atoms with E-state index in [0.29, 0.717) is 37.2 Å². The van der Waals surface area contributed by atoms with Crippen molar-refractivity contribution in [2.45, 2.75) is 38.4 Å².